The molecule has 2 fully saturated rings. The summed E-state index contributed by atoms with van der Waals surface area (Å²) in [6.07, 6.45) is 2.72. The molecule has 2 rings (SSSR count). The smallest absolute Gasteiger partial charge is 0.323 e. The maximum Gasteiger partial charge on any atom is 0.323 e. The zero-order valence-corrected chi connectivity index (χ0v) is 13.9. The molecule has 0 amide bonds. The summed E-state index contributed by atoms with van der Waals surface area (Å²) < 4.78 is 16.4. The Bertz CT molecular complexity index is 425. The molecule has 20 heavy (non-hydrogen) atoms. The Morgan fingerprint density at radius 2 is 1.65 bits per heavy atom. The molecular formula is C15H24O4Si. The lowest BCUT2D eigenvalue weighted by molar-refractivity contribution is -0.193. The highest BCUT2D eigenvalue weighted by atomic mass is 28.3. The van der Waals surface area contributed by atoms with Gasteiger partial charge in [-0.15, -0.1) is 5.54 Å². The number of carbonyl (C=O) groups excluding carboxylic acids is 1. The van der Waals surface area contributed by atoms with Gasteiger partial charge in [0, 0.05) is 12.8 Å². The largest absolute Gasteiger partial charge is 0.468 e. The average molecular weight is 296 g/mol. The second-order valence-corrected chi connectivity index (χ2v) is 11.4. The minimum absolute atomic E-state index is 0.212. The molecule has 1 aliphatic carbocycles. The Morgan fingerprint density at radius 3 is 2.10 bits per heavy atom. The van der Waals surface area contributed by atoms with Crippen molar-refractivity contribution in [3.05, 3.63) is 0 Å². The van der Waals surface area contributed by atoms with Crippen LogP contribution >= 0.6 is 0 Å². The highest BCUT2D eigenvalue weighted by Gasteiger charge is 2.49. The van der Waals surface area contributed by atoms with Crippen molar-refractivity contribution in [2.24, 2.45) is 5.41 Å². The predicted molar refractivity (Wildman–Crippen MR) is 78.7 cm³/mol. The first kappa shape index (κ1) is 15.6. The van der Waals surface area contributed by atoms with Crippen molar-refractivity contribution in [1.29, 1.82) is 0 Å². The van der Waals surface area contributed by atoms with Gasteiger partial charge in [0.25, 0.3) is 0 Å². The molecule has 0 atom stereocenters. The first-order valence-corrected chi connectivity index (χ1v) is 10.7. The van der Waals surface area contributed by atoms with Crippen LogP contribution in [-0.4, -0.2) is 40.2 Å². The van der Waals surface area contributed by atoms with Crippen LogP contribution in [0.5, 0.6) is 0 Å². The fourth-order valence-electron chi connectivity index (χ4n) is 2.73. The zero-order chi connectivity index (χ0) is 14.9. The van der Waals surface area contributed by atoms with Gasteiger partial charge in [-0.25, -0.2) is 0 Å². The first-order valence-electron chi connectivity index (χ1n) is 7.22. The third kappa shape index (κ3) is 3.25. The van der Waals surface area contributed by atoms with Crippen molar-refractivity contribution in [3.8, 4) is 11.5 Å². The summed E-state index contributed by atoms with van der Waals surface area (Å²) >= 11 is 0. The van der Waals surface area contributed by atoms with E-state index in [1.54, 1.807) is 0 Å². The molecule has 1 heterocycles. The van der Waals surface area contributed by atoms with Crippen LogP contribution in [0.3, 0.4) is 0 Å². The van der Waals surface area contributed by atoms with E-state index in [0.29, 0.717) is 38.9 Å². The van der Waals surface area contributed by atoms with E-state index in [-0.39, 0.29) is 5.97 Å². The van der Waals surface area contributed by atoms with Crippen molar-refractivity contribution >= 4 is 14.0 Å². The van der Waals surface area contributed by atoms with Gasteiger partial charge in [0.2, 0.25) is 0 Å². The van der Waals surface area contributed by atoms with Crippen LogP contribution in [0.25, 0.3) is 0 Å². The van der Waals surface area contributed by atoms with E-state index in [0.717, 1.165) is 0 Å². The van der Waals surface area contributed by atoms with Crippen molar-refractivity contribution in [1.82, 2.24) is 0 Å². The average Bonchev–Trinajstić information content (AvgIpc) is 2.85. The molecule has 1 aliphatic heterocycles. The third-order valence-electron chi connectivity index (χ3n) is 3.93. The Hall–Kier alpha value is -0.833. The van der Waals surface area contributed by atoms with E-state index in [4.69, 9.17) is 14.2 Å². The summed E-state index contributed by atoms with van der Waals surface area (Å²) in [4.78, 5) is 12.2. The summed E-state index contributed by atoms with van der Waals surface area (Å²) in [5.41, 5.74) is 2.66. The van der Waals surface area contributed by atoms with E-state index < -0.39 is 19.3 Å². The van der Waals surface area contributed by atoms with Crippen molar-refractivity contribution in [3.63, 3.8) is 0 Å². The summed E-state index contributed by atoms with van der Waals surface area (Å²) in [5, 5.41) is 0. The van der Waals surface area contributed by atoms with E-state index in [1.807, 2.05) is 0 Å². The summed E-state index contributed by atoms with van der Waals surface area (Å²) in [7, 11) is -0.0804. The molecule has 1 saturated heterocycles. The Morgan fingerprint density at radius 1 is 1.10 bits per heavy atom. The second kappa shape index (κ2) is 5.51. The lowest BCUT2D eigenvalue weighted by Crippen LogP contribution is -2.43. The third-order valence-corrected chi connectivity index (χ3v) is 4.81. The molecule has 0 unspecified atom stereocenters. The van der Waals surface area contributed by atoms with E-state index in [1.165, 1.54) is 7.11 Å². The van der Waals surface area contributed by atoms with Crippen LogP contribution in [-0.2, 0) is 19.0 Å². The molecule has 5 heteroatoms. The molecule has 1 saturated carbocycles. The Labute approximate surface area is 122 Å². The molecule has 0 aromatic carbocycles. The number of hydrogen-bond acceptors (Lipinski definition) is 4. The van der Waals surface area contributed by atoms with Crippen molar-refractivity contribution in [2.45, 2.75) is 51.1 Å². The summed E-state index contributed by atoms with van der Waals surface area (Å²) in [6.45, 7) is 7.83. The van der Waals surface area contributed by atoms with Crippen LogP contribution in [0.4, 0.5) is 0 Å². The summed E-state index contributed by atoms with van der Waals surface area (Å²) in [6, 6.07) is 0. The molecule has 112 valence electrons. The maximum atomic E-state index is 12.2. The predicted octanol–water partition coefficient (Wildman–Crippen LogP) is 2.34. The fourth-order valence-corrected chi connectivity index (χ4v) is 3.34. The highest BCUT2D eigenvalue weighted by Crippen LogP contribution is 2.45. The van der Waals surface area contributed by atoms with Crippen molar-refractivity contribution in [2.75, 3.05) is 20.3 Å². The van der Waals surface area contributed by atoms with Gasteiger partial charge in [0.15, 0.2) is 5.79 Å². The number of methoxy groups -OCH3 is 1. The SMILES string of the molecule is COC(=O)C1(C#C[Si](C)(C)C)CCC2(CC1)OCCO2. The van der Waals surface area contributed by atoms with Gasteiger partial charge in [0.05, 0.1) is 20.3 Å². The van der Waals surface area contributed by atoms with E-state index >= 15 is 0 Å². The van der Waals surface area contributed by atoms with Crippen LogP contribution in [0, 0.1) is 16.9 Å². The van der Waals surface area contributed by atoms with Gasteiger partial charge < -0.3 is 14.2 Å². The molecule has 0 radical (unpaired) electrons. The van der Waals surface area contributed by atoms with Crippen LogP contribution < -0.4 is 0 Å². The van der Waals surface area contributed by atoms with Crippen LogP contribution in [0.2, 0.25) is 19.6 Å². The molecule has 1 spiro atoms. The molecule has 0 N–H and O–H groups in total. The number of carbonyl (C=O) groups is 1. The molecular weight excluding hydrogens is 272 g/mol. The Balaban J connectivity index is 2.18. The topological polar surface area (TPSA) is 44.8 Å². The van der Waals surface area contributed by atoms with E-state index in [9.17, 15) is 4.79 Å². The number of ether oxygens (including phenoxy) is 3. The normalized spacial score (nSPS) is 24.0. The lowest BCUT2D eigenvalue weighted by atomic mass is 9.72. The van der Waals surface area contributed by atoms with Crippen LogP contribution in [0.1, 0.15) is 25.7 Å². The Kier molecular flexibility index (Phi) is 4.29. The van der Waals surface area contributed by atoms with Gasteiger partial charge in [0.1, 0.15) is 13.5 Å². The molecule has 0 bridgehead atoms. The molecule has 4 nitrogen and oxygen atoms in total. The number of esters is 1. The van der Waals surface area contributed by atoms with Crippen LogP contribution in [0.15, 0.2) is 0 Å². The fraction of sp³-hybridized carbons (Fsp3) is 0.800. The van der Waals surface area contributed by atoms with Crippen molar-refractivity contribution < 1.29 is 19.0 Å². The highest BCUT2D eigenvalue weighted by molar-refractivity contribution is 6.83. The van der Waals surface area contributed by atoms with Gasteiger partial charge in [-0.3, -0.25) is 4.79 Å². The molecule has 0 aromatic heterocycles. The summed E-state index contributed by atoms with van der Waals surface area (Å²) in [5.74, 6) is 2.57. The second-order valence-electron chi connectivity index (χ2n) is 6.68. The van der Waals surface area contributed by atoms with Gasteiger partial charge >= 0.3 is 5.97 Å². The number of hydrogen-bond donors (Lipinski definition) is 0. The minimum atomic E-state index is -1.52. The quantitative estimate of drug-likeness (QED) is 0.423. The van der Waals surface area contributed by atoms with Gasteiger partial charge in [-0.2, -0.15) is 0 Å². The monoisotopic (exact) mass is 296 g/mol. The first-order chi connectivity index (χ1) is 9.31. The number of rotatable bonds is 1. The molecule has 0 aromatic rings. The molecule has 2 aliphatic rings. The van der Waals surface area contributed by atoms with Gasteiger partial charge in [-0.05, 0) is 12.8 Å². The minimum Gasteiger partial charge on any atom is -0.468 e. The maximum absolute atomic E-state index is 12.2. The standard InChI is InChI=1S/C15H24O4Si/c1-17-13(16)14(9-12-20(2,3)4)5-7-15(8-6-14)18-10-11-19-15/h5-8,10-11H2,1-4H3. The lowest BCUT2D eigenvalue weighted by Gasteiger charge is -2.39. The van der Waals surface area contributed by atoms with E-state index in [2.05, 4.69) is 31.1 Å². The van der Waals surface area contributed by atoms with Gasteiger partial charge in [-0.1, -0.05) is 25.6 Å². The zero-order valence-electron chi connectivity index (χ0n) is 12.9.